The molecule has 0 unspecified atom stereocenters. The molecule has 4 amide bonds. The number of nitrogens with one attached hydrogen (secondary N) is 1. The van der Waals surface area contributed by atoms with Gasteiger partial charge in [0.1, 0.15) is 5.75 Å². The summed E-state index contributed by atoms with van der Waals surface area (Å²) in [5, 5.41) is 13.1. The minimum atomic E-state index is -1.92. The molecule has 32 heavy (non-hydrogen) atoms. The fourth-order valence-electron chi connectivity index (χ4n) is 5.77. The molecule has 0 spiro atoms. The maximum atomic E-state index is 13.5. The van der Waals surface area contributed by atoms with Crippen LogP contribution in [0, 0.1) is 17.8 Å². The summed E-state index contributed by atoms with van der Waals surface area (Å²) >= 11 is 20.6. The summed E-state index contributed by atoms with van der Waals surface area (Å²) in [6.45, 7) is 0. The van der Waals surface area contributed by atoms with Gasteiger partial charge in [-0.25, -0.2) is 0 Å². The molecule has 2 saturated heterocycles. The van der Waals surface area contributed by atoms with E-state index in [0.29, 0.717) is 15.6 Å². The molecule has 2 aliphatic heterocycles. The maximum absolute atomic E-state index is 13.5. The largest absolute Gasteiger partial charge is 0.508 e. The number of allylic oxidation sites excluding steroid dienone is 2. The monoisotopic (exact) mass is 604 g/mol. The Hall–Kier alpha value is -1.42. The molecule has 1 aromatic rings. The molecule has 2 N–H and O–H groups in total. The topological polar surface area (TPSA) is 104 Å². The zero-order valence-electron chi connectivity index (χ0n) is 16.3. The van der Waals surface area contributed by atoms with E-state index in [1.54, 1.807) is 12.1 Å². The molecule has 0 radical (unpaired) electrons. The van der Waals surface area contributed by atoms with Gasteiger partial charge in [-0.05, 0) is 37.0 Å². The van der Waals surface area contributed by atoms with Gasteiger partial charge in [-0.3, -0.25) is 29.4 Å². The number of rotatable bonds is 2. The summed E-state index contributed by atoms with van der Waals surface area (Å²) in [5.41, 5.74) is 0.851. The SMILES string of the molecule is O=C1NC(=O)[C@H]2CC=C3[C@@H](C[C@@]4(Cl)C(=O)N(CBr)C(=O)[C@@]4(Cl)[C@H]3c3cc(Br)ccc3O)[C@@H]12. The van der Waals surface area contributed by atoms with Crippen molar-refractivity contribution in [1.29, 1.82) is 0 Å². The lowest BCUT2D eigenvalue weighted by atomic mass is 9.56. The smallest absolute Gasteiger partial charge is 0.254 e. The van der Waals surface area contributed by atoms with Crippen LogP contribution in [0.4, 0.5) is 0 Å². The molecule has 5 rings (SSSR count). The van der Waals surface area contributed by atoms with Crippen LogP contribution < -0.4 is 5.32 Å². The number of alkyl halides is 3. The van der Waals surface area contributed by atoms with E-state index < -0.39 is 51.1 Å². The molecule has 7 nitrogen and oxygen atoms in total. The molecule has 0 aromatic heterocycles. The first kappa shape index (κ1) is 22.4. The number of amides is 4. The van der Waals surface area contributed by atoms with E-state index in [1.807, 2.05) is 6.08 Å². The molecule has 2 aliphatic carbocycles. The molecule has 4 aliphatic rings. The van der Waals surface area contributed by atoms with Gasteiger partial charge in [-0.15, -0.1) is 23.2 Å². The van der Waals surface area contributed by atoms with Crippen molar-refractivity contribution < 1.29 is 24.3 Å². The Morgan fingerprint density at radius 1 is 1.12 bits per heavy atom. The van der Waals surface area contributed by atoms with E-state index in [-0.39, 0.29) is 30.0 Å². The second-order valence-corrected chi connectivity index (χ2v) is 11.2. The van der Waals surface area contributed by atoms with Gasteiger partial charge in [0.05, 0.1) is 17.3 Å². The Balaban J connectivity index is 1.79. The quantitative estimate of drug-likeness (QED) is 0.233. The molecule has 0 bridgehead atoms. The first-order chi connectivity index (χ1) is 15.1. The third-order valence-corrected chi connectivity index (χ3v) is 9.57. The molecule has 2 heterocycles. The summed E-state index contributed by atoms with van der Waals surface area (Å²) in [7, 11) is 0. The highest BCUT2D eigenvalue weighted by molar-refractivity contribution is 9.10. The van der Waals surface area contributed by atoms with Crippen molar-refractivity contribution >= 4 is 78.7 Å². The Kier molecular flexibility index (Phi) is 5.10. The summed E-state index contributed by atoms with van der Waals surface area (Å²) in [6, 6.07) is 4.72. The fraction of sp³-hybridized carbons (Fsp3) is 0.429. The number of benzene rings is 1. The van der Waals surface area contributed by atoms with Crippen molar-refractivity contribution in [2.45, 2.75) is 28.5 Å². The third kappa shape index (κ3) is 2.65. The number of hydrogen-bond donors (Lipinski definition) is 2. The first-order valence-corrected chi connectivity index (χ1v) is 12.6. The number of carbonyl (C=O) groups excluding carboxylic acids is 4. The lowest BCUT2D eigenvalue weighted by molar-refractivity contribution is -0.138. The highest BCUT2D eigenvalue weighted by atomic mass is 79.9. The van der Waals surface area contributed by atoms with Gasteiger partial charge in [0.15, 0.2) is 9.75 Å². The Bertz CT molecular complexity index is 1140. The highest BCUT2D eigenvalue weighted by Gasteiger charge is 2.76. The zero-order valence-corrected chi connectivity index (χ0v) is 21.0. The van der Waals surface area contributed by atoms with Gasteiger partial charge in [0, 0.05) is 16.0 Å². The molecule has 3 fully saturated rings. The van der Waals surface area contributed by atoms with Crippen molar-refractivity contribution in [2.24, 2.45) is 17.8 Å². The van der Waals surface area contributed by atoms with Gasteiger partial charge >= 0.3 is 0 Å². The average Bonchev–Trinajstić information content (AvgIpc) is 3.11. The zero-order chi connectivity index (χ0) is 23.2. The van der Waals surface area contributed by atoms with Crippen LogP contribution in [0.25, 0.3) is 0 Å². The summed E-state index contributed by atoms with van der Waals surface area (Å²) in [4.78, 5) is 49.1. The molecule has 11 heteroatoms. The number of aromatic hydroxyl groups is 1. The Morgan fingerprint density at radius 3 is 2.53 bits per heavy atom. The van der Waals surface area contributed by atoms with Crippen molar-refractivity contribution in [3.63, 3.8) is 0 Å². The van der Waals surface area contributed by atoms with Gasteiger partial charge < -0.3 is 5.11 Å². The van der Waals surface area contributed by atoms with Gasteiger partial charge in [-0.1, -0.05) is 43.5 Å². The second kappa shape index (κ2) is 7.29. The number of phenolic OH excluding ortho intramolecular Hbond substituents is 1. The number of imide groups is 2. The van der Waals surface area contributed by atoms with Crippen molar-refractivity contribution in [2.75, 3.05) is 5.45 Å². The van der Waals surface area contributed by atoms with Crippen LogP contribution in [-0.2, 0) is 19.2 Å². The normalized spacial score (nSPS) is 38.2. The highest BCUT2D eigenvalue weighted by Crippen LogP contribution is 2.65. The summed E-state index contributed by atoms with van der Waals surface area (Å²) < 4.78 is 0.630. The van der Waals surface area contributed by atoms with Crippen LogP contribution in [0.1, 0.15) is 24.3 Å². The van der Waals surface area contributed by atoms with Crippen LogP contribution in [0.3, 0.4) is 0 Å². The van der Waals surface area contributed by atoms with E-state index in [0.717, 1.165) is 4.90 Å². The minimum Gasteiger partial charge on any atom is -0.508 e. The summed E-state index contributed by atoms with van der Waals surface area (Å²) in [5.74, 6) is -5.13. The standard InChI is InChI=1S/C21H16Br2Cl2N2O5/c22-7-27-18(31)20(24)6-12-9(2-3-10-14(12)17(30)26-16(10)29)15(21(20,25)19(27)32)11-5-8(23)1-4-13(11)28/h1-2,4-5,10,12,14-15,28H,3,6-7H2,(H,26,29,30)/t10-,12+,14-,15+,20+,21-/m0/s1. The number of phenols is 1. The molecular weight excluding hydrogens is 591 g/mol. The van der Waals surface area contributed by atoms with Crippen LogP contribution in [0.2, 0.25) is 0 Å². The van der Waals surface area contributed by atoms with Crippen LogP contribution in [0.5, 0.6) is 5.75 Å². The average molecular weight is 607 g/mol. The second-order valence-electron chi connectivity index (χ2n) is 8.54. The molecular formula is C21H16Br2Cl2N2O5. The number of carbonyl (C=O) groups is 4. The van der Waals surface area contributed by atoms with Gasteiger partial charge in [0.2, 0.25) is 11.8 Å². The van der Waals surface area contributed by atoms with Crippen molar-refractivity contribution in [3.8, 4) is 5.75 Å². The first-order valence-electron chi connectivity index (χ1n) is 9.89. The lowest BCUT2D eigenvalue weighted by Gasteiger charge is -2.50. The minimum absolute atomic E-state index is 0.0783. The number of likely N-dealkylation sites (tertiary alicyclic amines) is 1. The van der Waals surface area contributed by atoms with Crippen molar-refractivity contribution in [3.05, 3.63) is 39.9 Å². The van der Waals surface area contributed by atoms with Gasteiger partial charge in [0.25, 0.3) is 11.8 Å². The third-order valence-electron chi connectivity index (χ3n) is 7.16. The van der Waals surface area contributed by atoms with E-state index >= 15 is 0 Å². The van der Waals surface area contributed by atoms with Crippen LogP contribution in [0.15, 0.2) is 34.3 Å². The number of nitrogens with zero attached hydrogens (tertiary/aromatic N) is 1. The molecule has 6 atom stereocenters. The Morgan fingerprint density at radius 2 is 1.84 bits per heavy atom. The fourth-order valence-corrected chi connectivity index (χ4v) is 7.56. The molecule has 1 saturated carbocycles. The summed E-state index contributed by atoms with van der Waals surface area (Å²) in [6.07, 6.45) is 2.02. The van der Waals surface area contributed by atoms with Crippen molar-refractivity contribution in [1.82, 2.24) is 10.2 Å². The van der Waals surface area contributed by atoms with Crippen LogP contribution in [-0.4, -0.2) is 48.8 Å². The number of hydrogen-bond acceptors (Lipinski definition) is 5. The molecule has 168 valence electrons. The predicted octanol–water partition coefficient (Wildman–Crippen LogP) is 3.15. The molecule has 1 aromatic carbocycles. The number of halogens is 4. The van der Waals surface area contributed by atoms with Gasteiger partial charge in [-0.2, -0.15) is 0 Å². The number of fused-ring (bicyclic) bond motifs is 4. The van der Waals surface area contributed by atoms with E-state index in [2.05, 4.69) is 37.2 Å². The predicted molar refractivity (Wildman–Crippen MR) is 122 cm³/mol. The van der Waals surface area contributed by atoms with E-state index in [4.69, 9.17) is 23.2 Å². The van der Waals surface area contributed by atoms with E-state index in [1.165, 1.54) is 6.07 Å². The van der Waals surface area contributed by atoms with E-state index in [9.17, 15) is 24.3 Å². The Labute approximate surface area is 209 Å². The van der Waals surface area contributed by atoms with Crippen LogP contribution >= 0.6 is 55.1 Å². The maximum Gasteiger partial charge on any atom is 0.254 e. The lowest BCUT2D eigenvalue weighted by Crippen LogP contribution is -2.60.